The number of rotatable bonds is 0. The molecule has 0 amide bonds. The summed E-state index contributed by atoms with van der Waals surface area (Å²) in [6, 6.07) is 3.86. The molecular weight excluding hydrogens is 138 g/mol. The van der Waals surface area contributed by atoms with E-state index >= 15 is 0 Å². The molecule has 1 aromatic rings. The van der Waals surface area contributed by atoms with E-state index in [2.05, 4.69) is 4.98 Å². The van der Waals surface area contributed by atoms with Crippen LogP contribution in [0.3, 0.4) is 0 Å². The number of pyridine rings is 1. The molecular formula is C9H9NO. The van der Waals surface area contributed by atoms with Crippen LogP contribution in [0.4, 0.5) is 0 Å². The Morgan fingerprint density at radius 2 is 2.45 bits per heavy atom. The van der Waals surface area contributed by atoms with Crippen LogP contribution in [-0.2, 0) is 6.42 Å². The average molecular weight is 147 g/mol. The molecule has 1 aromatic heterocycles. The molecule has 2 heteroatoms. The molecule has 1 aliphatic rings. The fourth-order valence-electron chi connectivity index (χ4n) is 1.48. The summed E-state index contributed by atoms with van der Waals surface area (Å²) in [5.41, 5.74) is 1.78. The van der Waals surface area contributed by atoms with Crippen molar-refractivity contribution in [2.75, 3.05) is 0 Å². The van der Waals surface area contributed by atoms with Crippen molar-refractivity contribution in [2.24, 2.45) is 5.92 Å². The van der Waals surface area contributed by atoms with Crippen molar-refractivity contribution in [2.45, 2.75) is 13.3 Å². The summed E-state index contributed by atoms with van der Waals surface area (Å²) >= 11 is 0. The van der Waals surface area contributed by atoms with Crippen LogP contribution >= 0.6 is 0 Å². The van der Waals surface area contributed by atoms with Gasteiger partial charge in [0, 0.05) is 12.1 Å². The summed E-state index contributed by atoms with van der Waals surface area (Å²) in [7, 11) is 0. The van der Waals surface area contributed by atoms with Crippen molar-refractivity contribution in [3.63, 3.8) is 0 Å². The lowest BCUT2D eigenvalue weighted by Gasteiger charge is -1.92. The van der Waals surface area contributed by atoms with Crippen LogP contribution in [0.15, 0.2) is 18.3 Å². The van der Waals surface area contributed by atoms with Gasteiger partial charge in [0.25, 0.3) is 0 Å². The lowest BCUT2D eigenvalue weighted by molar-refractivity contribution is 0.0942. The minimum atomic E-state index is 0.139. The van der Waals surface area contributed by atoms with Gasteiger partial charge >= 0.3 is 0 Å². The van der Waals surface area contributed by atoms with Gasteiger partial charge in [-0.2, -0.15) is 0 Å². The number of aromatic nitrogens is 1. The van der Waals surface area contributed by atoms with Crippen LogP contribution in [0, 0.1) is 5.92 Å². The van der Waals surface area contributed by atoms with E-state index in [9.17, 15) is 4.79 Å². The normalized spacial score (nSPS) is 21.9. The maximum absolute atomic E-state index is 11.3. The summed E-state index contributed by atoms with van der Waals surface area (Å²) in [5.74, 6) is 0.334. The second kappa shape index (κ2) is 2.16. The van der Waals surface area contributed by atoms with E-state index in [1.54, 1.807) is 6.20 Å². The third kappa shape index (κ3) is 0.862. The Kier molecular flexibility index (Phi) is 1.28. The predicted molar refractivity (Wildman–Crippen MR) is 41.4 cm³/mol. The summed E-state index contributed by atoms with van der Waals surface area (Å²) in [4.78, 5) is 15.4. The molecule has 1 atom stereocenters. The predicted octanol–water partition coefficient (Wildman–Crippen LogP) is 1.46. The van der Waals surface area contributed by atoms with Crippen molar-refractivity contribution < 1.29 is 4.79 Å². The fourth-order valence-corrected chi connectivity index (χ4v) is 1.48. The second-order valence-electron chi connectivity index (χ2n) is 2.98. The zero-order valence-corrected chi connectivity index (χ0v) is 6.37. The van der Waals surface area contributed by atoms with Crippen LogP contribution in [0.25, 0.3) is 0 Å². The largest absolute Gasteiger partial charge is 0.292 e. The molecule has 1 heterocycles. The SMILES string of the molecule is CC1Cc2cccnc2C1=O. The Labute approximate surface area is 65.3 Å². The third-order valence-corrected chi connectivity index (χ3v) is 2.10. The smallest absolute Gasteiger partial charge is 0.184 e. The zero-order valence-electron chi connectivity index (χ0n) is 6.37. The molecule has 1 aliphatic carbocycles. The molecule has 0 aromatic carbocycles. The Bertz CT molecular complexity index is 306. The molecule has 0 bridgehead atoms. The maximum Gasteiger partial charge on any atom is 0.184 e. The number of hydrogen-bond acceptors (Lipinski definition) is 2. The highest BCUT2D eigenvalue weighted by atomic mass is 16.1. The Hall–Kier alpha value is -1.18. The van der Waals surface area contributed by atoms with Crippen molar-refractivity contribution in [1.29, 1.82) is 0 Å². The van der Waals surface area contributed by atoms with Gasteiger partial charge in [0.2, 0.25) is 0 Å². The lowest BCUT2D eigenvalue weighted by Crippen LogP contribution is -2.04. The number of nitrogens with zero attached hydrogens (tertiary/aromatic N) is 1. The number of fused-ring (bicyclic) bond motifs is 1. The van der Waals surface area contributed by atoms with Gasteiger partial charge in [-0.15, -0.1) is 0 Å². The van der Waals surface area contributed by atoms with Crippen LogP contribution in [-0.4, -0.2) is 10.8 Å². The summed E-state index contributed by atoms with van der Waals surface area (Å²) in [6.45, 7) is 1.95. The molecule has 2 rings (SSSR count). The van der Waals surface area contributed by atoms with E-state index in [1.165, 1.54) is 0 Å². The van der Waals surface area contributed by atoms with Gasteiger partial charge in [-0.25, -0.2) is 0 Å². The fraction of sp³-hybridized carbons (Fsp3) is 0.333. The maximum atomic E-state index is 11.3. The molecule has 0 N–H and O–H groups in total. The van der Waals surface area contributed by atoms with Crippen molar-refractivity contribution in [3.8, 4) is 0 Å². The first-order valence-corrected chi connectivity index (χ1v) is 3.77. The molecule has 0 saturated carbocycles. The first kappa shape index (κ1) is 6.53. The Morgan fingerprint density at radius 3 is 3.18 bits per heavy atom. The van der Waals surface area contributed by atoms with Gasteiger partial charge < -0.3 is 0 Å². The molecule has 0 saturated heterocycles. The standard InChI is InChI=1S/C9H9NO/c1-6-5-7-3-2-4-10-8(7)9(6)11/h2-4,6H,5H2,1H3. The van der Waals surface area contributed by atoms with Crippen molar-refractivity contribution >= 4 is 5.78 Å². The highest BCUT2D eigenvalue weighted by Crippen LogP contribution is 2.23. The number of Topliss-reactive ketones (excluding diaryl/α,β-unsaturated/α-hetero) is 1. The van der Waals surface area contributed by atoms with Crippen LogP contribution in [0.5, 0.6) is 0 Å². The highest BCUT2D eigenvalue weighted by Gasteiger charge is 2.27. The number of carbonyl (C=O) groups excluding carboxylic acids is 1. The van der Waals surface area contributed by atoms with Crippen molar-refractivity contribution in [1.82, 2.24) is 4.98 Å². The summed E-state index contributed by atoms with van der Waals surface area (Å²) < 4.78 is 0. The molecule has 0 spiro atoms. The topological polar surface area (TPSA) is 30.0 Å². The van der Waals surface area contributed by atoms with Crippen LogP contribution in [0.1, 0.15) is 23.0 Å². The van der Waals surface area contributed by atoms with Gasteiger partial charge in [-0.3, -0.25) is 9.78 Å². The van der Waals surface area contributed by atoms with E-state index in [4.69, 9.17) is 0 Å². The molecule has 0 radical (unpaired) electrons. The van der Waals surface area contributed by atoms with Gasteiger partial charge in [-0.05, 0) is 18.1 Å². The number of hydrogen-bond donors (Lipinski definition) is 0. The molecule has 0 aliphatic heterocycles. The summed E-state index contributed by atoms with van der Waals surface area (Å²) in [5, 5.41) is 0. The number of ketones is 1. The first-order valence-electron chi connectivity index (χ1n) is 3.77. The minimum Gasteiger partial charge on any atom is -0.292 e. The van der Waals surface area contributed by atoms with Gasteiger partial charge in [0.05, 0.1) is 0 Å². The van der Waals surface area contributed by atoms with Crippen LogP contribution in [0.2, 0.25) is 0 Å². The van der Waals surface area contributed by atoms with Gasteiger partial charge in [0.1, 0.15) is 5.69 Å². The second-order valence-corrected chi connectivity index (χ2v) is 2.98. The summed E-state index contributed by atoms with van der Waals surface area (Å²) in [6.07, 6.45) is 2.54. The van der Waals surface area contributed by atoms with E-state index in [0.29, 0.717) is 5.69 Å². The van der Waals surface area contributed by atoms with E-state index in [1.807, 2.05) is 19.1 Å². The van der Waals surface area contributed by atoms with Gasteiger partial charge in [0.15, 0.2) is 5.78 Å². The molecule has 2 nitrogen and oxygen atoms in total. The van der Waals surface area contributed by atoms with E-state index in [-0.39, 0.29) is 11.7 Å². The molecule has 11 heavy (non-hydrogen) atoms. The van der Waals surface area contributed by atoms with Gasteiger partial charge in [-0.1, -0.05) is 13.0 Å². The molecule has 0 fully saturated rings. The first-order chi connectivity index (χ1) is 5.29. The number of carbonyl (C=O) groups is 1. The van der Waals surface area contributed by atoms with E-state index < -0.39 is 0 Å². The Morgan fingerprint density at radius 1 is 1.64 bits per heavy atom. The molecule has 1 unspecified atom stereocenters. The average Bonchev–Trinajstić information content (AvgIpc) is 2.30. The Balaban J connectivity index is 2.55. The lowest BCUT2D eigenvalue weighted by atomic mass is 10.1. The monoisotopic (exact) mass is 147 g/mol. The minimum absolute atomic E-state index is 0.139. The van der Waals surface area contributed by atoms with E-state index in [0.717, 1.165) is 12.0 Å². The zero-order chi connectivity index (χ0) is 7.84. The third-order valence-electron chi connectivity index (χ3n) is 2.10. The highest BCUT2D eigenvalue weighted by molar-refractivity contribution is 6.00. The van der Waals surface area contributed by atoms with Crippen molar-refractivity contribution in [3.05, 3.63) is 29.6 Å². The quantitative estimate of drug-likeness (QED) is 0.556. The van der Waals surface area contributed by atoms with Crippen LogP contribution < -0.4 is 0 Å². The molecule has 56 valence electrons.